The average molecular weight is 379 g/mol. The molecule has 0 aliphatic rings. The zero-order valence-corrected chi connectivity index (χ0v) is 15.8. The maximum absolute atomic E-state index is 13.0. The number of nitrogens with zero attached hydrogens (tertiary/aromatic N) is 1. The van der Waals surface area contributed by atoms with Crippen LogP contribution in [0.5, 0.6) is 5.75 Å². The molecule has 1 atom stereocenters. The number of amides is 1. The van der Waals surface area contributed by atoms with E-state index < -0.39 is 15.9 Å². The molecule has 2 aromatic rings. The third-order valence-corrected chi connectivity index (χ3v) is 5.39. The lowest BCUT2D eigenvalue weighted by Gasteiger charge is -2.28. The summed E-state index contributed by atoms with van der Waals surface area (Å²) in [5, 5.41) is 0. The highest BCUT2D eigenvalue weighted by molar-refractivity contribution is 7.87. The largest absolute Gasteiger partial charge is 0.379 e. The van der Waals surface area contributed by atoms with Gasteiger partial charge in [-0.1, -0.05) is 25.1 Å². The van der Waals surface area contributed by atoms with Crippen molar-refractivity contribution in [3.63, 3.8) is 0 Å². The number of rotatable bonds is 7. The van der Waals surface area contributed by atoms with Gasteiger partial charge in [-0.3, -0.25) is 4.79 Å². The lowest BCUT2D eigenvalue weighted by atomic mass is 10.1. The van der Waals surface area contributed by atoms with E-state index in [9.17, 15) is 17.6 Å². The lowest BCUT2D eigenvalue weighted by molar-refractivity contribution is -0.131. The normalized spacial score (nSPS) is 12.5. The third kappa shape index (κ3) is 4.82. The molecule has 5 nitrogen and oxygen atoms in total. The summed E-state index contributed by atoms with van der Waals surface area (Å²) >= 11 is 0. The van der Waals surface area contributed by atoms with Crippen molar-refractivity contribution in [2.24, 2.45) is 0 Å². The zero-order valence-electron chi connectivity index (χ0n) is 15.0. The van der Waals surface area contributed by atoms with Gasteiger partial charge in [0.1, 0.15) is 16.5 Å². The fourth-order valence-corrected chi connectivity index (χ4v) is 3.43. The Kier molecular flexibility index (Phi) is 6.37. The fraction of sp³-hybridized carbons (Fsp3) is 0.316. The third-order valence-electron chi connectivity index (χ3n) is 4.14. The Hall–Kier alpha value is -2.41. The Morgan fingerprint density at radius 2 is 1.77 bits per heavy atom. The highest BCUT2D eigenvalue weighted by Gasteiger charge is 2.21. The van der Waals surface area contributed by atoms with E-state index in [2.05, 4.69) is 0 Å². The Morgan fingerprint density at radius 1 is 1.15 bits per heavy atom. The van der Waals surface area contributed by atoms with E-state index in [0.717, 1.165) is 30.7 Å². The summed E-state index contributed by atoms with van der Waals surface area (Å²) in [5.74, 6) is -0.489. The molecule has 2 aromatic carbocycles. The van der Waals surface area contributed by atoms with Gasteiger partial charge in [-0.15, -0.1) is 0 Å². The topological polar surface area (TPSA) is 63.7 Å². The van der Waals surface area contributed by atoms with Crippen LogP contribution in [0.4, 0.5) is 4.39 Å². The number of para-hydroxylation sites is 1. The molecule has 0 N–H and O–H groups in total. The molecule has 0 saturated heterocycles. The SMILES string of the molecule is CC[C@@H](C)N(Cc1ccccc1OS(=O)(=O)c1ccc(F)cc1)C(C)=O. The summed E-state index contributed by atoms with van der Waals surface area (Å²) in [5.41, 5.74) is 0.577. The van der Waals surface area contributed by atoms with Crippen molar-refractivity contribution in [1.82, 2.24) is 4.90 Å². The second kappa shape index (κ2) is 8.31. The van der Waals surface area contributed by atoms with Crippen LogP contribution < -0.4 is 4.18 Å². The molecule has 0 radical (unpaired) electrons. The first-order chi connectivity index (χ1) is 12.2. The standard InChI is InChI=1S/C19H22FNO4S/c1-4-14(2)21(15(3)22)13-16-7-5-6-8-19(16)25-26(23,24)18-11-9-17(20)10-12-18/h5-12,14H,4,13H2,1-3H3/t14-/m1/s1. The van der Waals surface area contributed by atoms with Crippen molar-refractivity contribution in [3.8, 4) is 5.75 Å². The molecule has 0 spiro atoms. The molecule has 0 bridgehead atoms. The molecule has 0 saturated carbocycles. The quantitative estimate of drug-likeness (QED) is 0.688. The predicted octanol–water partition coefficient (Wildman–Crippen LogP) is 3.74. The van der Waals surface area contributed by atoms with Gasteiger partial charge in [-0.25, -0.2) is 4.39 Å². The van der Waals surface area contributed by atoms with E-state index in [1.807, 2.05) is 13.8 Å². The lowest BCUT2D eigenvalue weighted by Crippen LogP contribution is -2.36. The monoisotopic (exact) mass is 379 g/mol. The summed E-state index contributed by atoms with van der Waals surface area (Å²) in [6, 6.07) is 11.1. The van der Waals surface area contributed by atoms with Gasteiger partial charge in [0.05, 0.1) is 0 Å². The Balaban J connectivity index is 2.31. The second-order valence-electron chi connectivity index (χ2n) is 6.00. The number of hydrogen-bond acceptors (Lipinski definition) is 4. The molecule has 0 unspecified atom stereocenters. The van der Waals surface area contributed by atoms with Crippen molar-refractivity contribution in [3.05, 3.63) is 59.9 Å². The van der Waals surface area contributed by atoms with Crippen LogP contribution in [0, 0.1) is 5.82 Å². The molecule has 0 aromatic heterocycles. The molecule has 26 heavy (non-hydrogen) atoms. The highest BCUT2D eigenvalue weighted by Crippen LogP contribution is 2.25. The van der Waals surface area contributed by atoms with Crippen LogP contribution >= 0.6 is 0 Å². The first-order valence-corrected chi connectivity index (χ1v) is 9.70. The van der Waals surface area contributed by atoms with Gasteiger partial charge in [0.2, 0.25) is 5.91 Å². The zero-order chi connectivity index (χ0) is 19.3. The molecular formula is C19H22FNO4S. The van der Waals surface area contributed by atoms with Crippen molar-refractivity contribution >= 4 is 16.0 Å². The molecule has 0 aliphatic carbocycles. The minimum absolute atomic E-state index is 0.00858. The maximum atomic E-state index is 13.0. The van der Waals surface area contributed by atoms with Crippen LogP contribution in [0.25, 0.3) is 0 Å². The van der Waals surface area contributed by atoms with E-state index in [1.165, 1.54) is 13.0 Å². The molecule has 0 aliphatic heterocycles. The fourth-order valence-electron chi connectivity index (χ4n) is 2.46. The predicted molar refractivity (Wildman–Crippen MR) is 96.6 cm³/mol. The summed E-state index contributed by atoms with van der Waals surface area (Å²) < 4.78 is 43.2. The molecular weight excluding hydrogens is 357 g/mol. The van der Waals surface area contributed by atoms with Crippen LogP contribution in [0.3, 0.4) is 0 Å². The van der Waals surface area contributed by atoms with Crippen LogP contribution in [0.15, 0.2) is 53.4 Å². The van der Waals surface area contributed by atoms with E-state index in [-0.39, 0.29) is 29.1 Å². The summed E-state index contributed by atoms with van der Waals surface area (Å²) in [6.45, 7) is 5.62. The minimum atomic E-state index is -4.10. The van der Waals surface area contributed by atoms with Crippen LogP contribution in [-0.2, 0) is 21.5 Å². The molecule has 0 fully saturated rings. The summed E-state index contributed by atoms with van der Waals surface area (Å²) in [7, 11) is -4.10. The Bertz CT molecular complexity index is 865. The second-order valence-corrected chi connectivity index (χ2v) is 7.55. The molecule has 0 heterocycles. The van der Waals surface area contributed by atoms with Gasteiger partial charge >= 0.3 is 10.1 Å². The highest BCUT2D eigenvalue weighted by atomic mass is 32.2. The van der Waals surface area contributed by atoms with Crippen molar-refractivity contribution < 1.29 is 21.8 Å². The van der Waals surface area contributed by atoms with Crippen molar-refractivity contribution in [1.29, 1.82) is 0 Å². The van der Waals surface area contributed by atoms with Crippen molar-refractivity contribution in [2.45, 2.75) is 44.7 Å². The smallest absolute Gasteiger partial charge is 0.339 e. The summed E-state index contributed by atoms with van der Waals surface area (Å²) in [6.07, 6.45) is 0.774. The van der Waals surface area contributed by atoms with Gasteiger partial charge in [0.15, 0.2) is 0 Å². The first kappa shape index (κ1) is 19.9. The van der Waals surface area contributed by atoms with E-state index in [0.29, 0.717) is 5.56 Å². The number of carbonyl (C=O) groups is 1. The van der Waals surface area contributed by atoms with Gasteiger partial charge < -0.3 is 9.08 Å². The van der Waals surface area contributed by atoms with Gasteiger partial charge in [0, 0.05) is 25.1 Å². The number of hydrogen-bond donors (Lipinski definition) is 0. The van der Waals surface area contributed by atoms with Gasteiger partial charge in [0.25, 0.3) is 0 Å². The van der Waals surface area contributed by atoms with Crippen LogP contribution in [0.2, 0.25) is 0 Å². The molecule has 1 amide bonds. The van der Waals surface area contributed by atoms with Gasteiger partial charge in [-0.2, -0.15) is 8.42 Å². The van der Waals surface area contributed by atoms with E-state index >= 15 is 0 Å². The first-order valence-electron chi connectivity index (χ1n) is 8.29. The maximum Gasteiger partial charge on any atom is 0.339 e. The molecule has 7 heteroatoms. The Labute approximate surface area is 153 Å². The van der Waals surface area contributed by atoms with Crippen molar-refractivity contribution in [2.75, 3.05) is 0 Å². The van der Waals surface area contributed by atoms with E-state index in [1.54, 1.807) is 23.1 Å². The van der Waals surface area contributed by atoms with Crippen LogP contribution in [-0.4, -0.2) is 25.3 Å². The van der Waals surface area contributed by atoms with Gasteiger partial charge in [-0.05, 0) is 43.7 Å². The Morgan fingerprint density at radius 3 is 2.35 bits per heavy atom. The molecule has 2 rings (SSSR count). The number of carbonyl (C=O) groups excluding carboxylic acids is 1. The van der Waals surface area contributed by atoms with Crippen LogP contribution in [0.1, 0.15) is 32.8 Å². The minimum Gasteiger partial charge on any atom is -0.379 e. The average Bonchev–Trinajstić information content (AvgIpc) is 2.60. The summed E-state index contributed by atoms with van der Waals surface area (Å²) in [4.78, 5) is 13.4. The number of benzene rings is 2. The number of halogens is 1. The molecule has 140 valence electrons. The van der Waals surface area contributed by atoms with E-state index in [4.69, 9.17) is 4.18 Å².